The molecule has 0 aromatic heterocycles. The number of rotatable bonds is 1. The summed E-state index contributed by atoms with van der Waals surface area (Å²) in [6.07, 6.45) is 1.47. The minimum absolute atomic E-state index is 0.396. The first-order valence-electron chi connectivity index (χ1n) is 5.33. The van der Waals surface area contributed by atoms with Gasteiger partial charge in [-0.3, -0.25) is 4.79 Å². The molecule has 0 bridgehead atoms. The van der Waals surface area contributed by atoms with E-state index in [9.17, 15) is 4.79 Å². The average Bonchev–Trinajstić information content (AvgIpc) is 2.24. The first kappa shape index (κ1) is 8.66. The average molecular weight is 196 g/mol. The smallest absolute Gasteiger partial charge is 0.134 e. The maximum absolute atomic E-state index is 10.9. The van der Waals surface area contributed by atoms with Crippen molar-refractivity contribution < 1.29 is 4.79 Å². The van der Waals surface area contributed by atoms with E-state index in [1.165, 1.54) is 16.3 Å². The molecule has 1 aliphatic carbocycles. The molecule has 0 atom stereocenters. The molecule has 1 saturated carbocycles. The van der Waals surface area contributed by atoms with Crippen molar-refractivity contribution in [2.45, 2.75) is 18.8 Å². The van der Waals surface area contributed by atoms with Gasteiger partial charge in [0.05, 0.1) is 0 Å². The van der Waals surface area contributed by atoms with E-state index in [-0.39, 0.29) is 0 Å². The molecule has 15 heavy (non-hydrogen) atoms. The van der Waals surface area contributed by atoms with Crippen LogP contribution in [0.15, 0.2) is 42.5 Å². The van der Waals surface area contributed by atoms with E-state index >= 15 is 0 Å². The van der Waals surface area contributed by atoms with Crippen LogP contribution in [0.4, 0.5) is 0 Å². The topological polar surface area (TPSA) is 17.1 Å². The highest BCUT2D eigenvalue weighted by molar-refractivity contribution is 5.88. The van der Waals surface area contributed by atoms with Gasteiger partial charge in [0, 0.05) is 12.8 Å². The highest BCUT2D eigenvalue weighted by Crippen LogP contribution is 2.34. The molecular weight excluding hydrogens is 184 g/mol. The minimum Gasteiger partial charge on any atom is -0.300 e. The Morgan fingerprint density at radius 1 is 0.933 bits per heavy atom. The molecule has 1 nitrogen and oxygen atoms in total. The van der Waals surface area contributed by atoms with E-state index in [1.54, 1.807) is 0 Å². The predicted molar refractivity (Wildman–Crippen MR) is 60.9 cm³/mol. The van der Waals surface area contributed by atoms with Crippen LogP contribution >= 0.6 is 0 Å². The third-order valence-corrected chi connectivity index (χ3v) is 3.19. The molecule has 1 fully saturated rings. The Morgan fingerprint density at radius 2 is 1.67 bits per heavy atom. The Labute approximate surface area is 88.7 Å². The molecule has 74 valence electrons. The molecule has 0 amide bonds. The number of carbonyl (C=O) groups is 1. The summed E-state index contributed by atoms with van der Waals surface area (Å²) in [5.41, 5.74) is 1.31. The Hall–Kier alpha value is -1.63. The summed E-state index contributed by atoms with van der Waals surface area (Å²) < 4.78 is 0. The van der Waals surface area contributed by atoms with Gasteiger partial charge in [0.1, 0.15) is 5.78 Å². The fraction of sp³-hybridized carbons (Fsp3) is 0.214. The summed E-state index contributed by atoms with van der Waals surface area (Å²) in [5, 5.41) is 2.54. The quantitative estimate of drug-likeness (QED) is 0.684. The van der Waals surface area contributed by atoms with Crippen LogP contribution in [-0.4, -0.2) is 5.78 Å². The molecule has 2 aromatic carbocycles. The van der Waals surface area contributed by atoms with E-state index < -0.39 is 0 Å². The van der Waals surface area contributed by atoms with E-state index in [4.69, 9.17) is 0 Å². The number of hydrogen-bond donors (Lipinski definition) is 0. The molecule has 3 rings (SSSR count). The second-order valence-corrected chi connectivity index (χ2v) is 4.25. The lowest BCUT2D eigenvalue weighted by atomic mass is 9.78. The zero-order chi connectivity index (χ0) is 10.3. The summed E-state index contributed by atoms with van der Waals surface area (Å²) >= 11 is 0. The lowest BCUT2D eigenvalue weighted by Crippen LogP contribution is -2.20. The van der Waals surface area contributed by atoms with Gasteiger partial charge in [0.25, 0.3) is 0 Å². The molecule has 1 aliphatic rings. The number of fused-ring (bicyclic) bond motifs is 1. The highest BCUT2D eigenvalue weighted by Gasteiger charge is 2.27. The lowest BCUT2D eigenvalue weighted by molar-refractivity contribution is -0.124. The Kier molecular flexibility index (Phi) is 1.84. The maximum Gasteiger partial charge on any atom is 0.134 e. The normalized spacial score (nSPS) is 16.7. The van der Waals surface area contributed by atoms with Crippen molar-refractivity contribution >= 4 is 16.6 Å². The van der Waals surface area contributed by atoms with Gasteiger partial charge in [-0.2, -0.15) is 0 Å². The minimum atomic E-state index is 0.396. The van der Waals surface area contributed by atoms with Crippen molar-refractivity contribution in [3.05, 3.63) is 48.0 Å². The standard InChI is InChI=1S/C14H12O/c15-14-8-13(9-14)12-6-5-10-3-1-2-4-11(10)7-12/h1-7,13H,8-9H2. The second-order valence-electron chi connectivity index (χ2n) is 4.25. The monoisotopic (exact) mass is 196 g/mol. The largest absolute Gasteiger partial charge is 0.300 e. The first-order chi connectivity index (χ1) is 7.33. The van der Waals surface area contributed by atoms with Crippen molar-refractivity contribution in [2.75, 3.05) is 0 Å². The van der Waals surface area contributed by atoms with Gasteiger partial charge in [0.15, 0.2) is 0 Å². The van der Waals surface area contributed by atoms with Crippen LogP contribution in [0, 0.1) is 0 Å². The van der Waals surface area contributed by atoms with Crippen molar-refractivity contribution in [1.29, 1.82) is 0 Å². The molecule has 0 saturated heterocycles. The van der Waals surface area contributed by atoms with Crippen LogP contribution in [0.25, 0.3) is 10.8 Å². The van der Waals surface area contributed by atoms with Gasteiger partial charge in [-0.05, 0) is 22.3 Å². The molecule has 0 N–H and O–H groups in total. The SMILES string of the molecule is O=C1CC(c2ccc3ccccc3c2)C1. The molecule has 0 spiro atoms. The van der Waals surface area contributed by atoms with Crippen LogP contribution in [-0.2, 0) is 4.79 Å². The van der Waals surface area contributed by atoms with Gasteiger partial charge >= 0.3 is 0 Å². The van der Waals surface area contributed by atoms with Crippen LogP contribution in [0.2, 0.25) is 0 Å². The number of Topliss-reactive ketones (excluding diaryl/α,β-unsaturated/α-hetero) is 1. The Bertz CT molecular complexity index is 520. The summed E-state index contributed by atoms with van der Waals surface area (Å²) in [4.78, 5) is 10.9. The zero-order valence-electron chi connectivity index (χ0n) is 8.44. The van der Waals surface area contributed by atoms with E-state index in [0.29, 0.717) is 11.7 Å². The van der Waals surface area contributed by atoms with E-state index in [2.05, 4.69) is 42.5 Å². The van der Waals surface area contributed by atoms with Crippen molar-refractivity contribution in [3.63, 3.8) is 0 Å². The molecule has 1 heteroatoms. The Balaban J connectivity index is 2.03. The summed E-state index contributed by atoms with van der Waals surface area (Å²) in [7, 11) is 0. The summed E-state index contributed by atoms with van der Waals surface area (Å²) in [6, 6.07) is 14.9. The van der Waals surface area contributed by atoms with Crippen molar-refractivity contribution in [2.24, 2.45) is 0 Å². The molecule has 0 aliphatic heterocycles. The van der Waals surface area contributed by atoms with Gasteiger partial charge in [-0.1, -0.05) is 42.5 Å². The number of carbonyl (C=O) groups excluding carboxylic acids is 1. The number of hydrogen-bond acceptors (Lipinski definition) is 1. The van der Waals surface area contributed by atoms with Gasteiger partial charge in [-0.15, -0.1) is 0 Å². The number of benzene rings is 2. The lowest BCUT2D eigenvalue weighted by Gasteiger charge is -2.24. The Morgan fingerprint density at radius 3 is 2.40 bits per heavy atom. The first-order valence-corrected chi connectivity index (χ1v) is 5.33. The van der Waals surface area contributed by atoms with Crippen molar-refractivity contribution in [1.82, 2.24) is 0 Å². The summed E-state index contributed by atoms with van der Waals surface area (Å²) in [5.74, 6) is 0.871. The van der Waals surface area contributed by atoms with Gasteiger partial charge in [-0.25, -0.2) is 0 Å². The third-order valence-electron chi connectivity index (χ3n) is 3.19. The van der Waals surface area contributed by atoms with Crippen LogP contribution < -0.4 is 0 Å². The molecule has 0 unspecified atom stereocenters. The van der Waals surface area contributed by atoms with E-state index in [0.717, 1.165) is 12.8 Å². The highest BCUT2D eigenvalue weighted by atomic mass is 16.1. The molecular formula is C14H12O. The van der Waals surface area contributed by atoms with Crippen LogP contribution in [0.5, 0.6) is 0 Å². The summed E-state index contributed by atoms with van der Waals surface area (Å²) in [6.45, 7) is 0. The van der Waals surface area contributed by atoms with Crippen LogP contribution in [0.3, 0.4) is 0 Å². The molecule has 0 heterocycles. The zero-order valence-corrected chi connectivity index (χ0v) is 8.44. The van der Waals surface area contributed by atoms with Crippen molar-refractivity contribution in [3.8, 4) is 0 Å². The second kappa shape index (κ2) is 3.20. The maximum atomic E-state index is 10.9. The van der Waals surface area contributed by atoms with Crippen LogP contribution in [0.1, 0.15) is 24.3 Å². The van der Waals surface area contributed by atoms with E-state index in [1.807, 2.05) is 0 Å². The predicted octanol–water partition coefficient (Wildman–Crippen LogP) is 3.29. The fourth-order valence-electron chi connectivity index (χ4n) is 2.19. The molecule has 2 aromatic rings. The number of ketones is 1. The van der Waals surface area contributed by atoms with Gasteiger partial charge < -0.3 is 0 Å². The third kappa shape index (κ3) is 1.44. The van der Waals surface area contributed by atoms with Gasteiger partial charge in [0.2, 0.25) is 0 Å². The fourth-order valence-corrected chi connectivity index (χ4v) is 2.19. The molecule has 0 radical (unpaired) electrons.